The fourth-order valence-electron chi connectivity index (χ4n) is 3.09. The quantitative estimate of drug-likeness (QED) is 0.753. The Kier molecular flexibility index (Phi) is 7.00. The van der Waals surface area contributed by atoms with Gasteiger partial charge in [0.1, 0.15) is 5.82 Å². The smallest absolute Gasteiger partial charge is 0.321 e. The molecule has 0 aromatic heterocycles. The Hall–Kier alpha value is -2.71. The number of sulfonamides is 1. The molecule has 154 valence electrons. The summed E-state index contributed by atoms with van der Waals surface area (Å²) in [6, 6.07) is 14.6. The number of benzene rings is 2. The first kappa shape index (κ1) is 21.0. The fourth-order valence-corrected chi connectivity index (χ4v) is 3.99. The number of hydrogen-bond donors (Lipinski definition) is 2. The number of urea groups is 1. The molecule has 0 bridgehead atoms. The van der Waals surface area contributed by atoms with Crippen LogP contribution in [0.5, 0.6) is 0 Å². The van der Waals surface area contributed by atoms with Crippen molar-refractivity contribution in [1.82, 2.24) is 9.62 Å². The van der Waals surface area contributed by atoms with E-state index in [0.717, 1.165) is 5.56 Å². The number of hydrogen-bond acceptors (Lipinski definition) is 3. The molecule has 3 rings (SSSR count). The molecule has 1 fully saturated rings. The maximum Gasteiger partial charge on any atom is 0.321 e. The second-order valence-corrected chi connectivity index (χ2v) is 8.63. The van der Waals surface area contributed by atoms with Crippen LogP contribution in [0.1, 0.15) is 18.4 Å². The molecule has 1 saturated heterocycles. The molecular weight excluding hydrogens is 393 g/mol. The average Bonchev–Trinajstić information content (AvgIpc) is 2.74. The second-order valence-electron chi connectivity index (χ2n) is 6.97. The SMILES string of the molecule is O=C(Nc1ccc(F)cc1)N1CCC(CNS(=O)(=O)/C=C/c2ccccc2)CC1. The van der Waals surface area contributed by atoms with Gasteiger partial charge in [0.05, 0.1) is 0 Å². The molecule has 2 aromatic rings. The third-order valence-corrected chi connectivity index (χ3v) is 5.87. The molecule has 0 unspecified atom stereocenters. The standard InChI is InChI=1S/C21H24FN3O3S/c22-19-6-8-20(9-7-19)24-21(26)25-13-10-18(11-14-25)16-23-29(27,28)15-12-17-4-2-1-3-5-17/h1-9,12,15,18,23H,10-11,13-14,16H2,(H,24,26)/b15-12+. The zero-order valence-electron chi connectivity index (χ0n) is 15.9. The van der Waals surface area contributed by atoms with Gasteiger partial charge < -0.3 is 10.2 Å². The molecule has 1 aliphatic rings. The van der Waals surface area contributed by atoms with Crippen LogP contribution in [0.3, 0.4) is 0 Å². The molecule has 0 atom stereocenters. The fraction of sp³-hybridized carbons (Fsp3) is 0.286. The van der Waals surface area contributed by atoms with E-state index in [2.05, 4.69) is 10.0 Å². The van der Waals surface area contributed by atoms with Crippen molar-refractivity contribution >= 4 is 27.8 Å². The minimum Gasteiger partial charge on any atom is -0.325 e. The highest BCUT2D eigenvalue weighted by atomic mass is 32.2. The van der Waals surface area contributed by atoms with E-state index in [4.69, 9.17) is 0 Å². The zero-order chi connectivity index (χ0) is 20.7. The Morgan fingerprint density at radius 2 is 1.72 bits per heavy atom. The van der Waals surface area contributed by atoms with Crippen LogP contribution in [0.2, 0.25) is 0 Å². The Balaban J connectivity index is 1.43. The van der Waals surface area contributed by atoms with Gasteiger partial charge in [-0.2, -0.15) is 0 Å². The van der Waals surface area contributed by atoms with E-state index in [1.165, 1.54) is 29.7 Å². The molecule has 1 heterocycles. The minimum absolute atomic E-state index is 0.171. The van der Waals surface area contributed by atoms with Crippen LogP contribution in [0, 0.1) is 11.7 Å². The van der Waals surface area contributed by atoms with Crippen molar-refractivity contribution in [3.63, 3.8) is 0 Å². The van der Waals surface area contributed by atoms with Crippen LogP contribution in [0.25, 0.3) is 6.08 Å². The monoisotopic (exact) mass is 417 g/mol. The Morgan fingerprint density at radius 3 is 2.38 bits per heavy atom. The second kappa shape index (κ2) is 9.67. The summed E-state index contributed by atoms with van der Waals surface area (Å²) >= 11 is 0. The largest absolute Gasteiger partial charge is 0.325 e. The third-order valence-electron chi connectivity index (χ3n) is 4.81. The van der Waals surface area contributed by atoms with Gasteiger partial charge in [0.25, 0.3) is 0 Å². The van der Waals surface area contributed by atoms with Gasteiger partial charge in [-0.15, -0.1) is 0 Å². The number of nitrogens with zero attached hydrogens (tertiary/aromatic N) is 1. The first-order valence-corrected chi connectivity index (χ1v) is 11.0. The van der Waals surface area contributed by atoms with Gasteiger partial charge in [-0.05, 0) is 54.7 Å². The molecule has 29 heavy (non-hydrogen) atoms. The highest BCUT2D eigenvalue weighted by Gasteiger charge is 2.23. The summed E-state index contributed by atoms with van der Waals surface area (Å²) in [4.78, 5) is 14.0. The first-order valence-electron chi connectivity index (χ1n) is 9.45. The maximum absolute atomic E-state index is 12.9. The van der Waals surface area contributed by atoms with Crippen molar-refractivity contribution in [2.75, 3.05) is 25.0 Å². The van der Waals surface area contributed by atoms with Gasteiger partial charge in [0, 0.05) is 30.7 Å². The van der Waals surface area contributed by atoms with Crippen LogP contribution in [0.15, 0.2) is 60.0 Å². The predicted octanol–water partition coefficient (Wildman–Crippen LogP) is 3.66. The van der Waals surface area contributed by atoms with E-state index in [0.29, 0.717) is 38.2 Å². The van der Waals surface area contributed by atoms with E-state index in [-0.39, 0.29) is 17.8 Å². The lowest BCUT2D eigenvalue weighted by Gasteiger charge is -2.32. The van der Waals surface area contributed by atoms with Crippen molar-refractivity contribution in [1.29, 1.82) is 0 Å². The van der Waals surface area contributed by atoms with Gasteiger partial charge in [-0.25, -0.2) is 22.3 Å². The van der Waals surface area contributed by atoms with Gasteiger partial charge in [-0.3, -0.25) is 0 Å². The molecule has 6 nitrogen and oxygen atoms in total. The highest BCUT2D eigenvalue weighted by Crippen LogP contribution is 2.18. The predicted molar refractivity (Wildman–Crippen MR) is 112 cm³/mol. The van der Waals surface area contributed by atoms with E-state index < -0.39 is 10.0 Å². The number of halogens is 1. The number of piperidine rings is 1. The van der Waals surface area contributed by atoms with E-state index in [1.807, 2.05) is 30.3 Å². The molecule has 1 aliphatic heterocycles. The van der Waals surface area contributed by atoms with Crippen molar-refractivity contribution in [2.24, 2.45) is 5.92 Å². The van der Waals surface area contributed by atoms with E-state index >= 15 is 0 Å². The number of carbonyl (C=O) groups is 1. The number of anilines is 1. The van der Waals surface area contributed by atoms with Gasteiger partial charge in [0.15, 0.2) is 0 Å². The summed E-state index contributed by atoms with van der Waals surface area (Å²) < 4.78 is 39.9. The Labute approximate surface area is 170 Å². The summed E-state index contributed by atoms with van der Waals surface area (Å²) in [5.41, 5.74) is 1.36. The molecule has 0 radical (unpaired) electrons. The van der Waals surface area contributed by atoms with E-state index in [9.17, 15) is 17.6 Å². The highest BCUT2D eigenvalue weighted by molar-refractivity contribution is 7.92. The molecule has 2 aromatic carbocycles. The van der Waals surface area contributed by atoms with Gasteiger partial charge in [0.2, 0.25) is 10.0 Å². The maximum atomic E-state index is 12.9. The molecular formula is C21H24FN3O3S. The molecule has 0 spiro atoms. The topological polar surface area (TPSA) is 78.5 Å². The lowest BCUT2D eigenvalue weighted by atomic mass is 9.97. The molecule has 0 saturated carbocycles. The van der Waals surface area contributed by atoms with Crippen molar-refractivity contribution in [3.05, 3.63) is 71.4 Å². The number of rotatable bonds is 6. The van der Waals surface area contributed by atoms with Crippen LogP contribution in [-0.4, -0.2) is 39.0 Å². The van der Waals surface area contributed by atoms with Crippen LogP contribution < -0.4 is 10.0 Å². The lowest BCUT2D eigenvalue weighted by Crippen LogP contribution is -2.43. The summed E-state index contributed by atoms with van der Waals surface area (Å²) in [6.45, 7) is 1.42. The molecule has 0 aliphatic carbocycles. The van der Waals surface area contributed by atoms with E-state index in [1.54, 1.807) is 11.0 Å². The summed E-state index contributed by atoms with van der Waals surface area (Å²) in [5.74, 6) is -0.186. The number of likely N-dealkylation sites (tertiary alicyclic amines) is 1. The van der Waals surface area contributed by atoms with Crippen LogP contribution in [0.4, 0.5) is 14.9 Å². The number of nitrogens with one attached hydrogen (secondary N) is 2. The van der Waals surface area contributed by atoms with Gasteiger partial charge >= 0.3 is 6.03 Å². The Morgan fingerprint density at radius 1 is 1.07 bits per heavy atom. The van der Waals surface area contributed by atoms with Crippen LogP contribution >= 0.6 is 0 Å². The molecule has 8 heteroatoms. The number of amides is 2. The van der Waals surface area contributed by atoms with Crippen molar-refractivity contribution in [3.8, 4) is 0 Å². The molecule has 2 amide bonds. The minimum atomic E-state index is -3.51. The lowest BCUT2D eigenvalue weighted by molar-refractivity contribution is 0.183. The average molecular weight is 418 g/mol. The summed E-state index contributed by atoms with van der Waals surface area (Å²) in [5, 5.41) is 3.92. The zero-order valence-corrected chi connectivity index (χ0v) is 16.7. The van der Waals surface area contributed by atoms with Crippen molar-refractivity contribution in [2.45, 2.75) is 12.8 Å². The summed E-state index contributed by atoms with van der Waals surface area (Å²) in [7, 11) is -3.51. The van der Waals surface area contributed by atoms with Gasteiger partial charge in [-0.1, -0.05) is 30.3 Å². The summed E-state index contributed by atoms with van der Waals surface area (Å²) in [6.07, 6.45) is 2.98. The normalized spacial score (nSPS) is 15.6. The Bertz CT molecular complexity index is 939. The first-order chi connectivity index (χ1) is 13.9. The third kappa shape index (κ3) is 6.69. The molecule has 2 N–H and O–H groups in total. The number of carbonyl (C=O) groups excluding carboxylic acids is 1. The van der Waals surface area contributed by atoms with Crippen LogP contribution in [-0.2, 0) is 10.0 Å². The van der Waals surface area contributed by atoms with Crippen molar-refractivity contribution < 1.29 is 17.6 Å².